The molecule has 0 radical (unpaired) electrons. The number of nitrogens with zero attached hydrogens (tertiary/aromatic N) is 4. The number of aryl methyl sites for hydroxylation is 2. The fraction of sp³-hybridized carbons (Fsp3) is 0.188. The average molecular weight is 518 g/mol. The molecule has 2 aromatic heterocycles. The molecule has 0 aliphatic carbocycles. The Morgan fingerprint density at radius 2 is 1.77 bits per heavy atom. The van der Waals surface area contributed by atoms with Crippen molar-refractivity contribution in [2.24, 2.45) is 0 Å². The molecule has 7 heteroatoms. The third-order valence-corrected chi connectivity index (χ3v) is 7.14. The number of carbonyl (C=O) groups is 1. The highest BCUT2D eigenvalue weighted by Crippen LogP contribution is 2.39. The molecule has 0 bridgehead atoms. The van der Waals surface area contributed by atoms with Gasteiger partial charge in [-0.3, -0.25) is 0 Å². The summed E-state index contributed by atoms with van der Waals surface area (Å²) in [6.07, 6.45) is 2.05. The lowest BCUT2D eigenvalue weighted by atomic mass is 10.0. The molecule has 0 saturated heterocycles. The Bertz CT molecular complexity index is 1620. The van der Waals surface area contributed by atoms with Crippen LogP contribution in [-0.4, -0.2) is 31.9 Å². The van der Waals surface area contributed by atoms with Gasteiger partial charge in [-0.05, 0) is 74.9 Å². The number of fused-ring (bicyclic) bond motifs is 3. The number of amides is 2. The van der Waals surface area contributed by atoms with Gasteiger partial charge in [0.2, 0.25) is 0 Å². The summed E-state index contributed by atoms with van der Waals surface area (Å²) in [4.78, 5) is 16.0. The van der Waals surface area contributed by atoms with E-state index in [9.17, 15) is 4.79 Å². The number of urea groups is 1. The van der Waals surface area contributed by atoms with Crippen LogP contribution in [-0.2, 0) is 6.54 Å². The largest absolute Gasteiger partial charge is 0.494 e. The van der Waals surface area contributed by atoms with Crippen molar-refractivity contribution < 1.29 is 9.53 Å². The van der Waals surface area contributed by atoms with Crippen molar-refractivity contribution in [2.75, 3.05) is 11.9 Å². The predicted molar refractivity (Wildman–Crippen MR) is 153 cm³/mol. The summed E-state index contributed by atoms with van der Waals surface area (Å²) < 4.78 is 9.99. The first-order valence-corrected chi connectivity index (χ1v) is 13.2. The molecular weight excluding hydrogens is 486 g/mol. The molecule has 3 heterocycles. The van der Waals surface area contributed by atoms with Crippen molar-refractivity contribution in [1.82, 2.24) is 19.2 Å². The first-order chi connectivity index (χ1) is 19.0. The summed E-state index contributed by atoms with van der Waals surface area (Å²) in [7, 11) is 0. The normalized spacial score (nSPS) is 14.3. The van der Waals surface area contributed by atoms with Crippen LogP contribution in [0.25, 0.3) is 11.5 Å². The minimum absolute atomic E-state index is 0.182. The Labute approximate surface area is 228 Å². The molecule has 1 atom stereocenters. The van der Waals surface area contributed by atoms with E-state index in [1.807, 2.05) is 109 Å². The van der Waals surface area contributed by atoms with Gasteiger partial charge in [0.15, 0.2) is 0 Å². The molecular formula is C32H31N5O2. The minimum atomic E-state index is -0.359. The van der Waals surface area contributed by atoms with Crippen LogP contribution in [0, 0.1) is 13.8 Å². The van der Waals surface area contributed by atoms with E-state index in [1.165, 1.54) is 0 Å². The van der Waals surface area contributed by atoms with E-state index >= 15 is 0 Å². The summed E-state index contributed by atoms with van der Waals surface area (Å²) in [6.45, 7) is 6.97. The number of nitrogens with one attached hydrogen (secondary N) is 1. The van der Waals surface area contributed by atoms with Gasteiger partial charge >= 0.3 is 6.03 Å². The highest BCUT2D eigenvalue weighted by molar-refractivity contribution is 5.90. The SMILES string of the molecule is CCOc1cccc([C@H]2c3cccn3-c3c(c(C)nn3-c3ccccc3)CN2C(=O)Nc2ccc(C)cc2)c1. The first-order valence-electron chi connectivity index (χ1n) is 13.2. The summed E-state index contributed by atoms with van der Waals surface area (Å²) in [5.74, 6) is 1.72. The summed E-state index contributed by atoms with van der Waals surface area (Å²) >= 11 is 0. The van der Waals surface area contributed by atoms with Gasteiger partial charge in [0, 0.05) is 17.4 Å². The van der Waals surface area contributed by atoms with E-state index in [1.54, 1.807) is 0 Å². The number of rotatable bonds is 5. The quantitative estimate of drug-likeness (QED) is 0.278. The molecule has 0 spiro atoms. The Kier molecular flexibility index (Phi) is 6.40. The van der Waals surface area contributed by atoms with Gasteiger partial charge in [-0.15, -0.1) is 0 Å². The van der Waals surface area contributed by atoms with E-state index in [4.69, 9.17) is 9.84 Å². The number of benzene rings is 3. The van der Waals surface area contributed by atoms with Crippen molar-refractivity contribution in [3.8, 4) is 17.3 Å². The first kappa shape index (κ1) is 24.6. The Hall–Kier alpha value is -4.78. The van der Waals surface area contributed by atoms with Crippen molar-refractivity contribution >= 4 is 11.7 Å². The number of para-hydroxylation sites is 1. The zero-order valence-electron chi connectivity index (χ0n) is 22.3. The van der Waals surface area contributed by atoms with Crippen LogP contribution in [0.3, 0.4) is 0 Å². The summed E-state index contributed by atoms with van der Waals surface area (Å²) in [5, 5.41) is 8.06. The van der Waals surface area contributed by atoms with Gasteiger partial charge in [-0.25, -0.2) is 9.48 Å². The topological polar surface area (TPSA) is 64.3 Å². The zero-order chi connectivity index (χ0) is 26.9. The lowest BCUT2D eigenvalue weighted by Crippen LogP contribution is -2.38. The highest BCUT2D eigenvalue weighted by Gasteiger charge is 2.36. The van der Waals surface area contributed by atoms with E-state index in [0.717, 1.165) is 51.0 Å². The zero-order valence-corrected chi connectivity index (χ0v) is 22.3. The van der Waals surface area contributed by atoms with Crippen molar-refractivity contribution in [1.29, 1.82) is 0 Å². The third-order valence-electron chi connectivity index (χ3n) is 7.14. The van der Waals surface area contributed by atoms with Gasteiger partial charge in [0.05, 0.1) is 36.3 Å². The number of anilines is 1. The second-order valence-electron chi connectivity index (χ2n) is 9.77. The van der Waals surface area contributed by atoms with Gasteiger partial charge < -0.3 is 19.5 Å². The van der Waals surface area contributed by atoms with Crippen LogP contribution in [0.4, 0.5) is 10.5 Å². The molecule has 1 aliphatic rings. The molecule has 0 fully saturated rings. The molecule has 2 amide bonds. The number of carbonyl (C=O) groups excluding carboxylic acids is 1. The maximum absolute atomic E-state index is 14.1. The monoisotopic (exact) mass is 517 g/mol. The van der Waals surface area contributed by atoms with Gasteiger partial charge in [0.25, 0.3) is 0 Å². The maximum atomic E-state index is 14.1. The molecule has 1 aliphatic heterocycles. The van der Waals surface area contributed by atoms with E-state index in [0.29, 0.717) is 13.2 Å². The lowest BCUT2D eigenvalue weighted by molar-refractivity contribution is 0.194. The fourth-order valence-electron chi connectivity index (χ4n) is 5.27. The molecule has 6 rings (SSSR count). The smallest absolute Gasteiger partial charge is 0.322 e. The van der Waals surface area contributed by atoms with Crippen LogP contribution < -0.4 is 10.1 Å². The maximum Gasteiger partial charge on any atom is 0.322 e. The molecule has 1 N–H and O–H groups in total. The number of hydrogen-bond acceptors (Lipinski definition) is 3. The lowest BCUT2D eigenvalue weighted by Gasteiger charge is -2.31. The number of aromatic nitrogens is 3. The third kappa shape index (κ3) is 4.56. The van der Waals surface area contributed by atoms with Crippen LogP contribution in [0.5, 0.6) is 5.75 Å². The number of hydrogen-bond donors (Lipinski definition) is 1. The minimum Gasteiger partial charge on any atom is -0.494 e. The predicted octanol–water partition coefficient (Wildman–Crippen LogP) is 6.82. The van der Waals surface area contributed by atoms with Crippen molar-refractivity contribution in [2.45, 2.75) is 33.4 Å². The molecule has 3 aromatic carbocycles. The second-order valence-corrected chi connectivity index (χ2v) is 9.77. The Balaban J connectivity index is 1.53. The molecule has 0 saturated carbocycles. The van der Waals surface area contributed by atoms with E-state index in [-0.39, 0.29) is 12.1 Å². The van der Waals surface area contributed by atoms with Crippen LogP contribution in [0.1, 0.15) is 41.0 Å². The second kappa shape index (κ2) is 10.2. The van der Waals surface area contributed by atoms with E-state index in [2.05, 4.69) is 28.2 Å². The summed E-state index contributed by atoms with van der Waals surface area (Å²) in [6, 6.07) is 29.6. The molecule has 196 valence electrons. The van der Waals surface area contributed by atoms with Crippen LogP contribution in [0.2, 0.25) is 0 Å². The van der Waals surface area contributed by atoms with E-state index < -0.39 is 0 Å². The fourth-order valence-corrected chi connectivity index (χ4v) is 5.27. The Morgan fingerprint density at radius 1 is 0.974 bits per heavy atom. The van der Waals surface area contributed by atoms with Crippen LogP contribution >= 0.6 is 0 Å². The molecule has 5 aromatic rings. The molecule has 7 nitrogen and oxygen atoms in total. The van der Waals surface area contributed by atoms with Crippen molar-refractivity contribution in [3.63, 3.8) is 0 Å². The Morgan fingerprint density at radius 3 is 2.54 bits per heavy atom. The van der Waals surface area contributed by atoms with Gasteiger partial charge in [0.1, 0.15) is 11.6 Å². The average Bonchev–Trinajstić information content (AvgIpc) is 3.51. The highest BCUT2D eigenvalue weighted by atomic mass is 16.5. The van der Waals surface area contributed by atoms with Gasteiger partial charge in [-0.1, -0.05) is 48.0 Å². The summed E-state index contributed by atoms with van der Waals surface area (Å²) in [5.41, 5.74) is 6.68. The molecule has 0 unspecified atom stereocenters. The van der Waals surface area contributed by atoms with Crippen molar-refractivity contribution in [3.05, 3.63) is 125 Å². The number of ether oxygens (including phenoxy) is 1. The van der Waals surface area contributed by atoms with Crippen LogP contribution in [0.15, 0.2) is 97.2 Å². The standard InChI is InChI=1S/C32H31N5O2/c1-4-39-27-13-8-10-24(20-27)30-29-14-9-19-35(29)31-28(23(3)34-37(31)26-11-6-5-7-12-26)21-36(30)32(38)33-25-17-15-22(2)16-18-25/h5-20,30H,4,21H2,1-3H3,(H,33,38)/t30-/m0/s1. The van der Waals surface area contributed by atoms with Gasteiger partial charge in [-0.2, -0.15) is 5.10 Å². The molecule has 39 heavy (non-hydrogen) atoms.